The third-order valence-corrected chi connectivity index (χ3v) is 4.77. The van der Waals surface area contributed by atoms with E-state index in [1.54, 1.807) is 12.1 Å². The van der Waals surface area contributed by atoms with Crippen molar-refractivity contribution in [2.24, 2.45) is 0 Å². The largest absolute Gasteiger partial charge is 0.490 e. The molecule has 2 saturated heterocycles. The van der Waals surface area contributed by atoms with Gasteiger partial charge in [0.15, 0.2) is 0 Å². The van der Waals surface area contributed by atoms with Crippen LogP contribution in [0.5, 0.6) is 5.75 Å². The number of hydrogen-bond donors (Lipinski definition) is 2. The van der Waals surface area contributed by atoms with E-state index >= 15 is 0 Å². The minimum Gasteiger partial charge on any atom is -0.490 e. The molecule has 0 spiro atoms. The molecule has 3 rings (SSSR count). The maximum atomic E-state index is 11.5. The number of rotatable bonds is 5. The van der Waals surface area contributed by atoms with Crippen LogP contribution in [0.15, 0.2) is 18.2 Å². The van der Waals surface area contributed by atoms with Crippen LogP contribution in [-0.4, -0.2) is 61.5 Å². The Morgan fingerprint density at radius 2 is 1.96 bits per heavy atom. The van der Waals surface area contributed by atoms with Crippen LogP contribution in [-0.2, 0) is 4.74 Å². The molecule has 0 atom stereocenters. The molecule has 2 aliphatic heterocycles. The molecule has 0 unspecified atom stereocenters. The van der Waals surface area contributed by atoms with Gasteiger partial charge in [-0.15, -0.1) is 0 Å². The van der Waals surface area contributed by atoms with Crippen LogP contribution in [0.2, 0.25) is 0 Å². The van der Waals surface area contributed by atoms with Crippen molar-refractivity contribution in [3.8, 4) is 5.75 Å². The molecule has 0 bridgehead atoms. The molecule has 2 aliphatic rings. The van der Waals surface area contributed by atoms with Crippen molar-refractivity contribution < 1.29 is 19.4 Å². The lowest BCUT2D eigenvalue weighted by Gasteiger charge is -2.30. The molecule has 0 aromatic heterocycles. The molecule has 2 fully saturated rings. The predicted octanol–water partition coefficient (Wildman–Crippen LogP) is 2.45. The minimum absolute atomic E-state index is 0.202. The standard InChI is InChI=1S/C18H26N2O4/c1-20-8-4-14(5-9-20)24-15-2-3-16(18(21)22)17(12-15)19-13-6-10-23-11-7-13/h2-3,12-14,19H,4-11H2,1H3,(H,21,22). The van der Waals surface area contributed by atoms with Gasteiger partial charge in [0, 0.05) is 38.4 Å². The molecule has 132 valence electrons. The second kappa shape index (κ2) is 7.85. The number of carboxylic acid groups (broad SMARTS) is 1. The van der Waals surface area contributed by atoms with E-state index in [1.165, 1.54) is 0 Å². The van der Waals surface area contributed by atoms with E-state index in [9.17, 15) is 9.90 Å². The van der Waals surface area contributed by atoms with Crippen molar-refractivity contribution in [3.63, 3.8) is 0 Å². The number of carboxylic acids is 1. The van der Waals surface area contributed by atoms with Crippen LogP contribution in [0, 0.1) is 0 Å². The van der Waals surface area contributed by atoms with Crippen molar-refractivity contribution in [1.82, 2.24) is 4.90 Å². The van der Waals surface area contributed by atoms with Crippen molar-refractivity contribution in [2.45, 2.75) is 37.8 Å². The van der Waals surface area contributed by atoms with E-state index in [0.29, 0.717) is 18.9 Å². The lowest BCUT2D eigenvalue weighted by molar-refractivity contribution is 0.0697. The molecule has 0 radical (unpaired) electrons. The summed E-state index contributed by atoms with van der Waals surface area (Å²) in [5, 5.41) is 12.8. The Morgan fingerprint density at radius 1 is 1.25 bits per heavy atom. The van der Waals surface area contributed by atoms with Crippen LogP contribution >= 0.6 is 0 Å². The topological polar surface area (TPSA) is 71.0 Å². The van der Waals surface area contributed by atoms with Gasteiger partial charge in [0.25, 0.3) is 0 Å². The van der Waals surface area contributed by atoms with E-state index in [-0.39, 0.29) is 17.7 Å². The zero-order valence-electron chi connectivity index (χ0n) is 14.2. The summed E-state index contributed by atoms with van der Waals surface area (Å²) in [6.45, 7) is 3.49. The van der Waals surface area contributed by atoms with Gasteiger partial charge in [-0.1, -0.05) is 0 Å². The normalized spacial score (nSPS) is 20.7. The molecule has 1 aromatic rings. The van der Waals surface area contributed by atoms with Gasteiger partial charge in [-0.25, -0.2) is 4.79 Å². The summed E-state index contributed by atoms with van der Waals surface area (Å²) in [5.74, 6) is -0.181. The highest BCUT2D eigenvalue weighted by Gasteiger charge is 2.21. The second-order valence-electron chi connectivity index (χ2n) is 6.66. The summed E-state index contributed by atoms with van der Waals surface area (Å²) < 4.78 is 11.4. The Labute approximate surface area is 142 Å². The first-order valence-electron chi connectivity index (χ1n) is 8.68. The second-order valence-corrected chi connectivity index (χ2v) is 6.66. The van der Waals surface area contributed by atoms with Gasteiger partial charge in [0.2, 0.25) is 0 Å². The van der Waals surface area contributed by atoms with E-state index < -0.39 is 5.97 Å². The van der Waals surface area contributed by atoms with Crippen molar-refractivity contribution >= 4 is 11.7 Å². The molecule has 2 N–H and O–H groups in total. The Hall–Kier alpha value is -1.79. The fraction of sp³-hybridized carbons (Fsp3) is 0.611. The zero-order chi connectivity index (χ0) is 16.9. The Bertz CT molecular complexity index is 564. The van der Waals surface area contributed by atoms with Crippen molar-refractivity contribution in [3.05, 3.63) is 23.8 Å². The third kappa shape index (κ3) is 4.39. The first kappa shape index (κ1) is 17.0. The highest BCUT2D eigenvalue weighted by Crippen LogP contribution is 2.27. The van der Waals surface area contributed by atoms with Gasteiger partial charge in [-0.3, -0.25) is 0 Å². The first-order valence-corrected chi connectivity index (χ1v) is 8.68. The monoisotopic (exact) mass is 334 g/mol. The van der Waals surface area contributed by atoms with Gasteiger partial charge in [0.05, 0.1) is 11.3 Å². The van der Waals surface area contributed by atoms with Crippen LogP contribution in [0.1, 0.15) is 36.0 Å². The summed E-state index contributed by atoms with van der Waals surface area (Å²) in [4.78, 5) is 13.8. The van der Waals surface area contributed by atoms with E-state index in [2.05, 4.69) is 17.3 Å². The Kier molecular flexibility index (Phi) is 5.58. The number of ether oxygens (including phenoxy) is 2. The molecular formula is C18H26N2O4. The number of likely N-dealkylation sites (tertiary alicyclic amines) is 1. The Balaban J connectivity index is 1.71. The molecule has 6 nitrogen and oxygen atoms in total. The summed E-state index contributed by atoms with van der Waals surface area (Å²) in [5.41, 5.74) is 0.928. The summed E-state index contributed by atoms with van der Waals surface area (Å²) >= 11 is 0. The summed E-state index contributed by atoms with van der Waals surface area (Å²) in [6, 6.07) is 5.47. The van der Waals surface area contributed by atoms with Gasteiger partial charge >= 0.3 is 5.97 Å². The van der Waals surface area contributed by atoms with Crippen LogP contribution in [0.3, 0.4) is 0 Å². The molecule has 0 amide bonds. The third-order valence-electron chi connectivity index (χ3n) is 4.77. The molecule has 2 heterocycles. The van der Waals surface area contributed by atoms with Gasteiger partial charge in [-0.2, -0.15) is 0 Å². The number of nitrogens with zero attached hydrogens (tertiary/aromatic N) is 1. The fourth-order valence-corrected chi connectivity index (χ4v) is 3.26. The predicted molar refractivity (Wildman–Crippen MR) is 92.0 cm³/mol. The number of benzene rings is 1. The van der Waals surface area contributed by atoms with Crippen LogP contribution in [0.4, 0.5) is 5.69 Å². The molecule has 6 heteroatoms. The highest BCUT2D eigenvalue weighted by atomic mass is 16.5. The fourth-order valence-electron chi connectivity index (χ4n) is 3.26. The van der Waals surface area contributed by atoms with E-state index in [4.69, 9.17) is 9.47 Å². The first-order chi connectivity index (χ1) is 11.6. The number of aromatic carboxylic acids is 1. The lowest BCUT2D eigenvalue weighted by atomic mass is 10.1. The smallest absolute Gasteiger partial charge is 0.337 e. The van der Waals surface area contributed by atoms with E-state index in [1.807, 2.05) is 6.07 Å². The average Bonchev–Trinajstić information content (AvgIpc) is 2.58. The molecule has 24 heavy (non-hydrogen) atoms. The average molecular weight is 334 g/mol. The van der Waals surface area contributed by atoms with Crippen LogP contribution in [0.25, 0.3) is 0 Å². The maximum Gasteiger partial charge on any atom is 0.337 e. The molecule has 0 aliphatic carbocycles. The SMILES string of the molecule is CN1CCC(Oc2ccc(C(=O)O)c(NC3CCOCC3)c2)CC1. The quantitative estimate of drug-likeness (QED) is 0.862. The number of anilines is 1. The minimum atomic E-state index is -0.921. The number of nitrogens with one attached hydrogen (secondary N) is 1. The zero-order valence-corrected chi connectivity index (χ0v) is 14.2. The van der Waals surface area contributed by atoms with Crippen LogP contribution < -0.4 is 10.1 Å². The number of piperidine rings is 1. The molecular weight excluding hydrogens is 308 g/mol. The number of carbonyl (C=O) groups is 1. The highest BCUT2D eigenvalue weighted by molar-refractivity contribution is 5.94. The lowest BCUT2D eigenvalue weighted by Crippen LogP contribution is -2.35. The maximum absolute atomic E-state index is 11.5. The van der Waals surface area contributed by atoms with Crippen molar-refractivity contribution in [1.29, 1.82) is 0 Å². The summed E-state index contributed by atoms with van der Waals surface area (Å²) in [7, 11) is 2.12. The summed E-state index contributed by atoms with van der Waals surface area (Å²) in [6.07, 6.45) is 3.98. The van der Waals surface area contributed by atoms with E-state index in [0.717, 1.165) is 44.5 Å². The molecule has 1 aromatic carbocycles. The van der Waals surface area contributed by atoms with Gasteiger partial charge in [-0.05, 0) is 44.9 Å². The molecule has 0 saturated carbocycles. The number of hydrogen-bond acceptors (Lipinski definition) is 5. The van der Waals surface area contributed by atoms with Crippen molar-refractivity contribution in [2.75, 3.05) is 38.7 Å². The Morgan fingerprint density at radius 3 is 2.62 bits per heavy atom. The van der Waals surface area contributed by atoms with Gasteiger partial charge < -0.3 is 24.8 Å². The van der Waals surface area contributed by atoms with Gasteiger partial charge in [0.1, 0.15) is 11.9 Å².